The summed E-state index contributed by atoms with van der Waals surface area (Å²) >= 11 is 0. The molecule has 1 heterocycles. The summed E-state index contributed by atoms with van der Waals surface area (Å²) in [5, 5.41) is 2.73. The van der Waals surface area contributed by atoms with Gasteiger partial charge in [-0.1, -0.05) is 18.9 Å². The highest BCUT2D eigenvalue weighted by molar-refractivity contribution is 5.89. The molecular formula is C18H26FN3O. The third-order valence-electron chi connectivity index (χ3n) is 5.02. The van der Waals surface area contributed by atoms with Gasteiger partial charge in [0.2, 0.25) is 0 Å². The van der Waals surface area contributed by atoms with E-state index in [9.17, 15) is 9.18 Å². The lowest BCUT2D eigenvalue weighted by atomic mass is 10.2. The van der Waals surface area contributed by atoms with Crippen molar-refractivity contribution in [2.45, 2.75) is 45.1 Å². The van der Waals surface area contributed by atoms with Crippen molar-refractivity contribution in [2.24, 2.45) is 0 Å². The largest absolute Gasteiger partial charge is 0.323 e. The van der Waals surface area contributed by atoms with Crippen LogP contribution in [-0.2, 0) is 0 Å². The van der Waals surface area contributed by atoms with E-state index in [0.717, 1.165) is 38.2 Å². The molecule has 0 unspecified atom stereocenters. The number of benzene rings is 1. The van der Waals surface area contributed by atoms with E-state index in [1.54, 1.807) is 12.1 Å². The molecule has 23 heavy (non-hydrogen) atoms. The molecule has 2 fully saturated rings. The van der Waals surface area contributed by atoms with Crippen LogP contribution in [0, 0.1) is 12.7 Å². The van der Waals surface area contributed by atoms with Gasteiger partial charge in [-0.15, -0.1) is 0 Å². The number of nitrogens with one attached hydrogen (secondary N) is 1. The van der Waals surface area contributed by atoms with E-state index in [1.165, 1.54) is 31.7 Å². The molecule has 0 radical (unpaired) electrons. The Morgan fingerprint density at radius 1 is 1.13 bits per heavy atom. The highest BCUT2D eigenvalue weighted by atomic mass is 19.1. The number of hydrogen-bond acceptors (Lipinski definition) is 2. The minimum atomic E-state index is -0.383. The van der Waals surface area contributed by atoms with E-state index in [-0.39, 0.29) is 17.5 Å². The molecule has 4 nitrogen and oxygen atoms in total. The van der Waals surface area contributed by atoms with Gasteiger partial charge in [-0.2, -0.15) is 0 Å². The fourth-order valence-corrected chi connectivity index (χ4v) is 3.70. The number of anilines is 1. The summed E-state index contributed by atoms with van der Waals surface area (Å²) in [4.78, 5) is 16.8. The van der Waals surface area contributed by atoms with E-state index in [0.29, 0.717) is 6.04 Å². The molecule has 1 saturated heterocycles. The first kappa shape index (κ1) is 16.2. The Morgan fingerprint density at radius 2 is 1.91 bits per heavy atom. The highest BCUT2D eigenvalue weighted by Gasteiger charge is 2.26. The molecule has 1 N–H and O–H groups in total. The van der Waals surface area contributed by atoms with Crippen LogP contribution < -0.4 is 5.32 Å². The molecule has 5 heteroatoms. The van der Waals surface area contributed by atoms with Crippen LogP contribution in [0.4, 0.5) is 14.9 Å². The number of rotatable bonds is 2. The van der Waals surface area contributed by atoms with Crippen molar-refractivity contribution in [3.63, 3.8) is 0 Å². The summed E-state index contributed by atoms with van der Waals surface area (Å²) < 4.78 is 13.8. The van der Waals surface area contributed by atoms with Crippen LogP contribution in [0.3, 0.4) is 0 Å². The van der Waals surface area contributed by atoms with E-state index in [1.807, 2.05) is 11.8 Å². The molecule has 1 aliphatic heterocycles. The lowest BCUT2D eigenvalue weighted by Gasteiger charge is -2.27. The van der Waals surface area contributed by atoms with Crippen LogP contribution >= 0.6 is 0 Å². The first-order valence-corrected chi connectivity index (χ1v) is 8.69. The summed E-state index contributed by atoms with van der Waals surface area (Å²) in [6.07, 6.45) is 6.23. The highest BCUT2D eigenvalue weighted by Crippen LogP contribution is 2.24. The van der Waals surface area contributed by atoms with Crippen molar-refractivity contribution in [2.75, 3.05) is 31.5 Å². The second-order valence-corrected chi connectivity index (χ2v) is 6.73. The van der Waals surface area contributed by atoms with Gasteiger partial charge in [0.15, 0.2) is 0 Å². The number of nitrogens with zero attached hydrogens (tertiary/aromatic N) is 2. The monoisotopic (exact) mass is 319 g/mol. The van der Waals surface area contributed by atoms with E-state index >= 15 is 0 Å². The first-order chi connectivity index (χ1) is 11.1. The second-order valence-electron chi connectivity index (χ2n) is 6.73. The smallest absolute Gasteiger partial charge is 0.321 e. The zero-order chi connectivity index (χ0) is 16.2. The van der Waals surface area contributed by atoms with Crippen LogP contribution in [-0.4, -0.2) is 48.1 Å². The molecule has 0 atom stereocenters. The zero-order valence-corrected chi connectivity index (χ0v) is 13.9. The van der Waals surface area contributed by atoms with Crippen molar-refractivity contribution in [3.05, 3.63) is 29.6 Å². The van der Waals surface area contributed by atoms with E-state index < -0.39 is 0 Å². The van der Waals surface area contributed by atoms with Crippen LogP contribution in [0.25, 0.3) is 0 Å². The van der Waals surface area contributed by atoms with Gasteiger partial charge in [-0.3, -0.25) is 4.90 Å². The molecule has 3 rings (SSSR count). The Bertz CT molecular complexity index is 557. The van der Waals surface area contributed by atoms with Crippen molar-refractivity contribution in [3.8, 4) is 0 Å². The lowest BCUT2D eigenvalue weighted by molar-refractivity contribution is 0.195. The summed E-state index contributed by atoms with van der Waals surface area (Å²) in [7, 11) is 0. The minimum Gasteiger partial charge on any atom is -0.323 e. The van der Waals surface area contributed by atoms with Gasteiger partial charge in [0.05, 0.1) is 5.69 Å². The third kappa shape index (κ3) is 4.02. The van der Waals surface area contributed by atoms with Gasteiger partial charge in [0, 0.05) is 32.2 Å². The zero-order valence-electron chi connectivity index (χ0n) is 13.9. The van der Waals surface area contributed by atoms with Crippen LogP contribution in [0.5, 0.6) is 0 Å². The summed E-state index contributed by atoms with van der Waals surface area (Å²) in [5.74, 6) is -0.383. The quantitative estimate of drug-likeness (QED) is 0.904. The Hall–Kier alpha value is -1.62. The number of aryl methyl sites for hydroxylation is 1. The molecule has 0 spiro atoms. The van der Waals surface area contributed by atoms with Gasteiger partial charge in [0.25, 0.3) is 0 Å². The summed E-state index contributed by atoms with van der Waals surface area (Å²) in [5.41, 5.74) is 1.21. The molecule has 0 bridgehead atoms. The molecular weight excluding hydrogens is 293 g/mol. The molecule has 1 aromatic carbocycles. The first-order valence-electron chi connectivity index (χ1n) is 8.69. The van der Waals surface area contributed by atoms with Crippen molar-refractivity contribution >= 4 is 11.7 Å². The average Bonchev–Trinajstić information content (AvgIpc) is 2.95. The molecule has 1 saturated carbocycles. The molecule has 0 aromatic heterocycles. The predicted octanol–water partition coefficient (Wildman–Crippen LogP) is 3.62. The maximum Gasteiger partial charge on any atom is 0.321 e. The topological polar surface area (TPSA) is 35.6 Å². The second kappa shape index (κ2) is 7.30. The number of carbonyl (C=O) groups is 1. The van der Waals surface area contributed by atoms with Crippen molar-refractivity contribution in [1.29, 1.82) is 0 Å². The fourth-order valence-electron chi connectivity index (χ4n) is 3.70. The molecule has 2 amide bonds. The summed E-state index contributed by atoms with van der Waals surface area (Å²) in [6.45, 7) is 5.33. The normalized spacial score (nSPS) is 20.5. The van der Waals surface area contributed by atoms with Crippen molar-refractivity contribution < 1.29 is 9.18 Å². The minimum absolute atomic E-state index is 0.192. The van der Waals surface area contributed by atoms with Gasteiger partial charge >= 0.3 is 6.03 Å². The third-order valence-corrected chi connectivity index (χ3v) is 5.02. The van der Waals surface area contributed by atoms with Crippen LogP contribution in [0.2, 0.25) is 0 Å². The standard InChI is InChI=1S/C18H26FN3O/c1-14-7-8-16(19)17(13-14)20-18(23)22-10-4-9-21(11-12-22)15-5-2-3-6-15/h7-8,13,15H,2-6,9-12H2,1H3,(H,20,23). The Morgan fingerprint density at radius 3 is 2.70 bits per heavy atom. The molecule has 126 valence electrons. The number of halogens is 1. The number of hydrogen-bond donors (Lipinski definition) is 1. The number of urea groups is 1. The Kier molecular flexibility index (Phi) is 5.16. The van der Waals surface area contributed by atoms with E-state index in [4.69, 9.17) is 0 Å². The molecule has 1 aromatic rings. The van der Waals surface area contributed by atoms with Gasteiger partial charge in [-0.05, 0) is 43.9 Å². The predicted molar refractivity (Wildman–Crippen MR) is 90.2 cm³/mol. The molecule has 1 aliphatic carbocycles. The maximum atomic E-state index is 13.8. The Balaban J connectivity index is 1.58. The fraction of sp³-hybridized carbons (Fsp3) is 0.611. The summed E-state index contributed by atoms with van der Waals surface area (Å²) in [6, 6.07) is 5.29. The van der Waals surface area contributed by atoms with Crippen LogP contribution in [0.15, 0.2) is 18.2 Å². The van der Waals surface area contributed by atoms with Crippen LogP contribution in [0.1, 0.15) is 37.7 Å². The lowest BCUT2D eigenvalue weighted by Crippen LogP contribution is -2.40. The van der Waals surface area contributed by atoms with Crippen molar-refractivity contribution in [1.82, 2.24) is 9.80 Å². The van der Waals surface area contributed by atoms with E-state index in [2.05, 4.69) is 10.2 Å². The van der Waals surface area contributed by atoms with Gasteiger partial charge < -0.3 is 10.2 Å². The SMILES string of the molecule is Cc1ccc(F)c(NC(=O)N2CCCN(C3CCCC3)CC2)c1. The average molecular weight is 319 g/mol. The Labute approximate surface area is 137 Å². The van der Waals surface area contributed by atoms with Gasteiger partial charge in [-0.25, -0.2) is 9.18 Å². The number of amides is 2. The molecule has 2 aliphatic rings. The van der Waals surface area contributed by atoms with Gasteiger partial charge in [0.1, 0.15) is 5.82 Å². The number of carbonyl (C=O) groups excluding carboxylic acids is 1. The maximum absolute atomic E-state index is 13.8.